The van der Waals surface area contributed by atoms with Crippen LogP contribution >= 0.6 is 0 Å². The highest BCUT2D eigenvalue weighted by molar-refractivity contribution is 5.91. The molecule has 0 radical (unpaired) electrons. The number of aromatic nitrogens is 1. The molecule has 0 bridgehead atoms. The maximum atomic E-state index is 10.9. The number of aromatic hydroxyl groups is 1. The van der Waals surface area contributed by atoms with E-state index in [-0.39, 0.29) is 0 Å². The largest absolute Gasteiger partial charge is 0.494 e. The molecule has 1 aromatic carbocycles. The Kier molecular flexibility index (Phi) is 7.62. The number of fused-ring (bicyclic) bond motifs is 1. The normalized spacial score (nSPS) is 19.0. The molecule has 2 heterocycles. The van der Waals surface area contributed by atoms with Gasteiger partial charge in [0.25, 0.3) is 0 Å². The van der Waals surface area contributed by atoms with E-state index in [0.717, 1.165) is 56.3 Å². The first-order valence-corrected chi connectivity index (χ1v) is 12.6. The summed E-state index contributed by atoms with van der Waals surface area (Å²) in [7, 11) is 0. The molecule has 1 aromatic heterocycles. The highest BCUT2D eigenvalue weighted by atomic mass is 16.3. The third-order valence-corrected chi connectivity index (χ3v) is 7.30. The Morgan fingerprint density at radius 2 is 1.75 bits per heavy atom. The Balaban J connectivity index is 1.34. The number of anilines is 1. The predicted molar refractivity (Wildman–Crippen MR) is 137 cm³/mol. The minimum atomic E-state index is 0.459. The van der Waals surface area contributed by atoms with Gasteiger partial charge in [0.05, 0.1) is 0 Å². The fraction of sp³-hybridized carbons (Fsp3) is 0.571. The van der Waals surface area contributed by atoms with Gasteiger partial charge >= 0.3 is 0 Å². The van der Waals surface area contributed by atoms with E-state index in [9.17, 15) is 5.11 Å². The Hall–Kier alpha value is -2.20. The van der Waals surface area contributed by atoms with Crippen LogP contribution in [0, 0.1) is 0 Å². The summed E-state index contributed by atoms with van der Waals surface area (Å²) in [5.41, 5.74) is 4.14. The number of hydrogen-bond acceptors (Lipinski definition) is 3. The zero-order chi connectivity index (χ0) is 22.5. The molecule has 4 rings (SSSR count). The molecule has 2 aliphatic rings. The number of hydrogen-bond donors (Lipinski definition) is 1. The van der Waals surface area contributed by atoms with Crippen molar-refractivity contribution in [3.05, 3.63) is 47.7 Å². The van der Waals surface area contributed by atoms with E-state index >= 15 is 0 Å². The van der Waals surface area contributed by atoms with Crippen molar-refractivity contribution in [3.63, 3.8) is 0 Å². The zero-order valence-corrected chi connectivity index (χ0v) is 20.3. The maximum Gasteiger partial charge on any atom is 0.199 e. The number of nitrogens with zero attached hydrogens (tertiary/aromatic N) is 3. The summed E-state index contributed by atoms with van der Waals surface area (Å²) in [5.74, 6) is 0.459. The van der Waals surface area contributed by atoms with Crippen LogP contribution in [0.15, 0.2) is 47.7 Å². The average Bonchev–Trinajstić information content (AvgIpc) is 3.14. The average molecular weight is 436 g/mol. The Bertz CT molecular complexity index is 952. The molecule has 32 heavy (non-hydrogen) atoms. The van der Waals surface area contributed by atoms with Crippen molar-refractivity contribution < 1.29 is 5.11 Å². The number of benzene rings is 1. The molecule has 1 aliphatic heterocycles. The van der Waals surface area contributed by atoms with Gasteiger partial charge in [0.15, 0.2) is 5.88 Å². The molecule has 1 saturated carbocycles. The first kappa shape index (κ1) is 23.0. The SMILES string of the molecule is CC(C)=CCCC(C)=CCN1CCN(c2ccc3cn(C4CCCCC4)c(O)c3c2)CC1. The van der Waals surface area contributed by atoms with Crippen molar-refractivity contribution in [2.24, 2.45) is 0 Å². The molecule has 4 heteroatoms. The molecule has 4 nitrogen and oxygen atoms in total. The summed E-state index contributed by atoms with van der Waals surface area (Å²) in [5, 5.41) is 13.1. The van der Waals surface area contributed by atoms with Gasteiger partial charge in [-0.05, 0) is 58.6 Å². The van der Waals surface area contributed by atoms with Gasteiger partial charge in [-0.15, -0.1) is 0 Å². The molecule has 1 N–H and O–H groups in total. The number of rotatable bonds is 7. The second-order valence-corrected chi connectivity index (χ2v) is 10.1. The predicted octanol–water partition coefficient (Wildman–Crippen LogP) is 6.67. The zero-order valence-electron chi connectivity index (χ0n) is 20.3. The summed E-state index contributed by atoms with van der Waals surface area (Å²) in [6.45, 7) is 11.9. The fourth-order valence-corrected chi connectivity index (χ4v) is 5.20. The lowest BCUT2D eigenvalue weighted by Gasteiger charge is -2.35. The maximum absolute atomic E-state index is 10.9. The molecule has 0 amide bonds. The lowest BCUT2D eigenvalue weighted by Crippen LogP contribution is -2.46. The van der Waals surface area contributed by atoms with E-state index in [1.807, 2.05) is 0 Å². The molecule has 2 aromatic rings. The second-order valence-electron chi connectivity index (χ2n) is 10.1. The van der Waals surface area contributed by atoms with Crippen molar-refractivity contribution >= 4 is 16.5 Å². The number of piperazine rings is 1. The highest BCUT2D eigenvalue weighted by Crippen LogP contribution is 2.37. The van der Waals surface area contributed by atoms with Crippen LogP contribution in [-0.4, -0.2) is 47.3 Å². The standard InChI is InChI=1S/C28H41N3O/c1-22(2)8-7-9-23(3)14-15-29-16-18-30(19-17-29)26-13-12-24-21-31(28(32)27(24)20-26)25-10-5-4-6-11-25/h8,12-14,20-21,25,32H,4-7,9-11,15-19H2,1-3H3. The van der Waals surface area contributed by atoms with E-state index < -0.39 is 0 Å². The summed E-state index contributed by atoms with van der Waals surface area (Å²) < 4.78 is 2.14. The van der Waals surface area contributed by atoms with Crippen LogP contribution in [0.25, 0.3) is 10.8 Å². The molecular formula is C28H41N3O. The summed E-state index contributed by atoms with van der Waals surface area (Å²) in [6.07, 6.45) is 15.5. The second kappa shape index (κ2) is 10.6. The third kappa shape index (κ3) is 5.58. The first-order valence-electron chi connectivity index (χ1n) is 12.6. The van der Waals surface area contributed by atoms with Gasteiger partial charge in [-0.25, -0.2) is 0 Å². The lowest BCUT2D eigenvalue weighted by molar-refractivity contribution is 0.283. The number of allylic oxidation sites excluding steroid dienone is 3. The van der Waals surface area contributed by atoms with Gasteiger partial charge in [0.2, 0.25) is 0 Å². The van der Waals surface area contributed by atoms with Crippen molar-refractivity contribution in [2.75, 3.05) is 37.6 Å². The van der Waals surface area contributed by atoms with Crippen LogP contribution in [0.2, 0.25) is 0 Å². The van der Waals surface area contributed by atoms with E-state index in [1.54, 1.807) is 0 Å². The Morgan fingerprint density at radius 3 is 2.47 bits per heavy atom. The highest BCUT2D eigenvalue weighted by Gasteiger charge is 2.21. The summed E-state index contributed by atoms with van der Waals surface area (Å²) >= 11 is 0. The van der Waals surface area contributed by atoms with Gasteiger partial charge in [-0.2, -0.15) is 0 Å². The lowest BCUT2D eigenvalue weighted by atomic mass is 9.95. The van der Waals surface area contributed by atoms with Crippen LogP contribution in [0.1, 0.15) is 71.8 Å². The Labute approximate surface area is 194 Å². The van der Waals surface area contributed by atoms with Gasteiger partial charge in [-0.3, -0.25) is 4.90 Å². The van der Waals surface area contributed by atoms with E-state index in [0.29, 0.717) is 11.9 Å². The van der Waals surface area contributed by atoms with Crippen molar-refractivity contribution in [2.45, 2.75) is 71.8 Å². The monoisotopic (exact) mass is 435 g/mol. The molecule has 0 atom stereocenters. The van der Waals surface area contributed by atoms with E-state index in [2.05, 4.69) is 71.7 Å². The summed E-state index contributed by atoms with van der Waals surface area (Å²) in [4.78, 5) is 5.02. The molecule has 2 fully saturated rings. The first-order chi connectivity index (χ1) is 15.5. The summed E-state index contributed by atoms with van der Waals surface area (Å²) in [6, 6.07) is 7.08. The smallest absolute Gasteiger partial charge is 0.199 e. The van der Waals surface area contributed by atoms with Crippen LogP contribution in [0.4, 0.5) is 5.69 Å². The van der Waals surface area contributed by atoms with Gasteiger partial charge < -0.3 is 14.6 Å². The van der Waals surface area contributed by atoms with E-state index in [1.165, 1.54) is 48.9 Å². The molecule has 0 spiro atoms. The van der Waals surface area contributed by atoms with Crippen molar-refractivity contribution in [1.82, 2.24) is 9.47 Å². The van der Waals surface area contributed by atoms with Crippen molar-refractivity contribution in [3.8, 4) is 5.88 Å². The Morgan fingerprint density at radius 1 is 1.00 bits per heavy atom. The molecule has 0 unspecified atom stereocenters. The molecule has 1 saturated heterocycles. The van der Waals surface area contributed by atoms with Crippen molar-refractivity contribution in [1.29, 1.82) is 0 Å². The molecule has 1 aliphatic carbocycles. The fourth-order valence-electron chi connectivity index (χ4n) is 5.20. The minimum absolute atomic E-state index is 0.459. The minimum Gasteiger partial charge on any atom is -0.494 e. The van der Waals surface area contributed by atoms with Gasteiger partial charge in [0, 0.05) is 61.4 Å². The van der Waals surface area contributed by atoms with Crippen LogP contribution in [0.3, 0.4) is 0 Å². The van der Waals surface area contributed by atoms with Crippen LogP contribution in [0.5, 0.6) is 5.88 Å². The van der Waals surface area contributed by atoms with Crippen LogP contribution in [-0.2, 0) is 0 Å². The molecular weight excluding hydrogens is 394 g/mol. The quantitative estimate of drug-likeness (QED) is 0.493. The molecule has 174 valence electrons. The van der Waals surface area contributed by atoms with Gasteiger partial charge in [0.1, 0.15) is 0 Å². The third-order valence-electron chi connectivity index (χ3n) is 7.30. The topological polar surface area (TPSA) is 31.6 Å². The van der Waals surface area contributed by atoms with Crippen LogP contribution < -0.4 is 4.90 Å². The van der Waals surface area contributed by atoms with Gasteiger partial charge in [-0.1, -0.05) is 48.6 Å². The van der Waals surface area contributed by atoms with E-state index in [4.69, 9.17) is 0 Å².